The molecular weight excluding hydrogens is 300 g/mol. The molecule has 0 heterocycles. The van der Waals surface area contributed by atoms with Crippen LogP contribution in [0.2, 0.25) is 0 Å². The highest BCUT2D eigenvalue weighted by Gasteiger charge is 2.24. The molecule has 0 radical (unpaired) electrons. The van der Waals surface area contributed by atoms with Gasteiger partial charge in [-0.15, -0.1) is 0 Å². The summed E-state index contributed by atoms with van der Waals surface area (Å²) in [5, 5.41) is 8.92. The minimum absolute atomic E-state index is 0.362. The average molecular weight is 321 g/mol. The fourth-order valence-electron chi connectivity index (χ4n) is 1.90. The van der Waals surface area contributed by atoms with Crippen molar-refractivity contribution in [2.45, 2.75) is 51.2 Å². The summed E-state index contributed by atoms with van der Waals surface area (Å²) in [6.45, 7) is 4.83. The van der Waals surface area contributed by atoms with E-state index < -0.39 is 38.7 Å². The van der Waals surface area contributed by atoms with Gasteiger partial charge in [-0.1, -0.05) is 13.8 Å². The predicted octanol–water partition coefficient (Wildman–Crippen LogP) is 2.56. The Labute approximate surface area is 124 Å². The Bertz CT molecular complexity index is 588. The second kappa shape index (κ2) is 7.29. The number of halogens is 2. The van der Waals surface area contributed by atoms with Gasteiger partial charge in [-0.05, 0) is 37.8 Å². The van der Waals surface area contributed by atoms with E-state index in [1.165, 1.54) is 0 Å². The van der Waals surface area contributed by atoms with Gasteiger partial charge >= 0.3 is 0 Å². The first-order chi connectivity index (χ1) is 9.69. The molecule has 0 fully saturated rings. The molecule has 2 N–H and O–H groups in total. The molecule has 7 heteroatoms. The monoisotopic (exact) mass is 321 g/mol. The summed E-state index contributed by atoms with van der Waals surface area (Å²) >= 11 is 0. The van der Waals surface area contributed by atoms with Gasteiger partial charge in [0.1, 0.15) is 10.7 Å². The predicted molar refractivity (Wildman–Crippen MR) is 76.1 cm³/mol. The maximum Gasteiger partial charge on any atom is 0.243 e. The Hall–Kier alpha value is -1.05. The molecule has 1 aromatic carbocycles. The third-order valence-corrected chi connectivity index (χ3v) is 4.74. The van der Waals surface area contributed by atoms with Crippen molar-refractivity contribution < 1.29 is 22.3 Å². The first-order valence-electron chi connectivity index (χ1n) is 6.79. The first-order valence-corrected chi connectivity index (χ1v) is 8.27. The molecule has 1 aromatic rings. The lowest BCUT2D eigenvalue weighted by Gasteiger charge is -2.16. The summed E-state index contributed by atoms with van der Waals surface area (Å²) in [5.41, 5.74) is -0.646. The molecule has 0 amide bonds. The van der Waals surface area contributed by atoms with E-state index in [0.29, 0.717) is 12.3 Å². The van der Waals surface area contributed by atoms with Gasteiger partial charge in [0.05, 0.1) is 12.2 Å². The minimum Gasteiger partial charge on any atom is -0.391 e. The van der Waals surface area contributed by atoms with Crippen molar-refractivity contribution in [3.05, 3.63) is 29.3 Å². The maximum absolute atomic E-state index is 14.0. The Morgan fingerprint density at radius 1 is 1.19 bits per heavy atom. The molecule has 1 rings (SSSR count). The zero-order valence-electron chi connectivity index (χ0n) is 12.4. The van der Waals surface area contributed by atoms with Crippen LogP contribution >= 0.6 is 0 Å². The smallest absolute Gasteiger partial charge is 0.243 e. The highest BCUT2D eigenvalue weighted by atomic mass is 32.2. The summed E-state index contributed by atoms with van der Waals surface area (Å²) in [6.07, 6.45) is 1.45. The lowest BCUT2D eigenvalue weighted by molar-refractivity contribution is 0.267. The topological polar surface area (TPSA) is 66.4 Å². The molecule has 0 aliphatic carbocycles. The van der Waals surface area contributed by atoms with E-state index in [1.54, 1.807) is 6.92 Å². The number of rotatable bonds is 7. The van der Waals surface area contributed by atoms with Crippen LogP contribution in [0.3, 0.4) is 0 Å². The van der Waals surface area contributed by atoms with Gasteiger partial charge in [0.2, 0.25) is 10.0 Å². The zero-order valence-corrected chi connectivity index (χ0v) is 13.2. The Morgan fingerprint density at radius 2 is 1.81 bits per heavy atom. The number of nitrogens with one attached hydrogen (secondary N) is 1. The van der Waals surface area contributed by atoms with E-state index in [-0.39, 0.29) is 6.04 Å². The number of sulfonamides is 1. The molecule has 120 valence electrons. The number of benzene rings is 1. The van der Waals surface area contributed by atoms with Crippen LogP contribution in [0.25, 0.3) is 0 Å². The Kier molecular flexibility index (Phi) is 6.24. The number of aliphatic hydroxyl groups is 1. The molecule has 0 aliphatic heterocycles. The third kappa shape index (κ3) is 4.72. The van der Waals surface area contributed by atoms with Crippen molar-refractivity contribution in [3.8, 4) is 0 Å². The average Bonchev–Trinajstić information content (AvgIpc) is 2.36. The van der Waals surface area contributed by atoms with Gasteiger partial charge in [0, 0.05) is 6.04 Å². The lowest BCUT2D eigenvalue weighted by Crippen LogP contribution is -2.33. The molecule has 4 nitrogen and oxygen atoms in total. The Morgan fingerprint density at radius 3 is 2.33 bits per heavy atom. The SMILES string of the molecule is CC(C)CCC(C)NS(=O)(=O)c1ccc(F)c(CO)c1F. The zero-order chi connectivity index (χ0) is 16.2. The fraction of sp³-hybridized carbons (Fsp3) is 0.571. The lowest BCUT2D eigenvalue weighted by atomic mass is 10.1. The van der Waals surface area contributed by atoms with Gasteiger partial charge in [-0.3, -0.25) is 0 Å². The van der Waals surface area contributed by atoms with E-state index in [1.807, 2.05) is 13.8 Å². The molecule has 21 heavy (non-hydrogen) atoms. The fourth-order valence-corrected chi connectivity index (χ4v) is 3.28. The second-order valence-corrected chi connectivity index (χ2v) is 7.17. The molecule has 0 saturated carbocycles. The van der Waals surface area contributed by atoms with Crippen LogP contribution in [0.15, 0.2) is 17.0 Å². The molecule has 0 bridgehead atoms. The van der Waals surface area contributed by atoms with Crippen LogP contribution in [0.1, 0.15) is 39.2 Å². The van der Waals surface area contributed by atoms with Gasteiger partial charge in [-0.2, -0.15) is 0 Å². The molecule has 0 aliphatic rings. The van der Waals surface area contributed by atoms with Gasteiger partial charge in [0.15, 0.2) is 5.82 Å². The third-order valence-electron chi connectivity index (χ3n) is 3.13. The number of hydrogen-bond donors (Lipinski definition) is 2. The van der Waals surface area contributed by atoms with Crippen molar-refractivity contribution in [1.29, 1.82) is 0 Å². The normalized spacial score (nSPS) is 13.7. The van der Waals surface area contributed by atoms with Crippen LogP contribution in [0.5, 0.6) is 0 Å². The van der Waals surface area contributed by atoms with Crippen LogP contribution in [0.4, 0.5) is 8.78 Å². The van der Waals surface area contributed by atoms with Crippen molar-refractivity contribution >= 4 is 10.0 Å². The summed E-state index contributed by atoms with van der Waals surface area (Å²) < 4.78 is 53.9. The largest absolute Gasteiger partial charge is 0.391 e. The highest BCUT2D eigenvalue weighted by molar-refractivity contribution is 7.89. The van der Waals surface area contributed by atoms with E-state index in [9.17, 15) is 17.2 Å². The standard InChI is InChI=1S/C14H21F2NO3S/c1-9(2)4-5-10(3)17-21(19,20)13-7-6-12(15)11(8-18)14(13)16/h6-7,9-10,17-18H,4-5,8H2,1-3H3. The first kappa shape index (κ1) is 18.0. The van der Waals surface area contributed by atoms with Crippen LogP contribution in [0, 0.1) is 17.6 Å². The van der Waals surface area contributed by atoms with Crippen molar-refractivity contribution in [3.63, 3.8) is 0 Å². The molecule has 0 saturated heterocycles. The summed E-state index contributed by atoms with van der Waals surface area (Å²) in [4.78, 5) is -0.649. The van der Waals surface area contributed by atoms with Crippen LogP contribution in [-0.4, -0.2) is 19.6 Å². The van der Waals surface area contributed by atoms with E-state index in [2.05, 4.69) is 4.72 Å². The Balaban J connectivity index is 2.98. The van der Waals surface area contributed by atoms with Gasteiger partial charge < -0.3 is 5.11 Å². The molecule has 1 unspecified atom stereocenters. The van der Waals surface area contributed by atoms with Crippen molar-refractivity contribution in [2.24, 2.45) is 5.92 Å². The quantitative estimate of drug-likeness (QED) is 0.811. The molecule has 0 spiro atoms. The van der Waals surface area contributed by atoms with Gasteiger partial charge in [0.25, 0.3) is 0 Å². The maximum atomic E-state index is 14.0. The van der Waals surface area contributed by atoms with Crippen molar-refractivity contribution in [2.75, 3.05) is 0 Å². The van der Waals surface area contributed by atoms with Crippen LogP contribution < -0.4 is 4.72 Å². The van der Waals surface area contributed by atoms with E-state index >= 15 is 0 Å². The number of hydrogen-bond acceptors (Lipinski definition) is 3. The molecule has 1 atom stereocenters. The second-order valence-electron chi connectivity index (χ2n) is 5.49. The summed E-state index contributed by atoms with van der Waals surface area (Å²) in [5.74, 6) is -1.79. The van der Waals surface area contributed by atoms with E-state index in [0.717, 1.165) is 18.6 Å². The van der Waals surface area contributed by atoms with Gasteiger partial charge in [-0.25, -0.2) is 21.9 Å². The summed E-state index contributed by atoms with van der Waals surface area (Å²) in [6, 6.07) is 1.34. The van der Waals surface area contributed by atoms with E-state index in [4.69, 9.17) is 5.11 Å². The van der Waals surface area contributed by atoms with Crippen LogP contribution in [-0.2, 0) is 16.6 Å². The highest BCUT2D eigenvalue weighted by Crippen LogP contribution is 2.21. The summed E-state index contributed by atoms with van der Waals surface area (Å²) in [7, 11) is -4.09. The minimum atomic E-state index is -4.09. The molecular formula is C14H21F2NO3S. The number of aliphatic hydroxyl groups excluding tert-OH is 1. The molecule has 0 aromatic heterocycles. The van der Waals surface area contributed by atoms with Crippen molar-refractivity contribution in [1.82, 2.24) is 4.72 Å².